The minimum absolute atomic E-state index is 0.0374. The first-order valence-corrected chi connectivity index (χ1v) is 12.5. The molecule has 2 aromatic rings. The van der Waals surface area contributed by atoms with Crippen molar-refractivity contribution in [3.63, 3.8) is 0 Å². The number of carboxylic acid groups (broad SMARTS) is 1. The molecule has 0 unspecified atom stereocenters. The lowest BCUT2D eigenvalue weighted by Gasteiger charge is -2.13. The number of unbranched alkanes of at least 4 members (excludes halogenated alkanes) is 9. The number of benzene rings is 2. The van der Waals surface area contributed by atoms with E-state index in [2.05, 4.69) is 13.8 Å². The maximum atomic E-state index is 15.0. The van der Waals surface area contributed by atoms with E-state index < -0.39 is 17.6 Å². The van der Waals surface area contributed by atoms with Crippen LogP contribution >= 0.6 is 0 Å². The first-order valence-electron chi connectivity index (χ1n) is 12.5. The van der Waals surface area contributed by atoms with Gasteiger partial charge in [0.1, 0.15) is 0 Å². The van der Waals surface area contributed by atoms with Gasteiger partial charge in [-0.25, -0.2) is 9.18 Å². The molecule has 5 heteroatoms. The van der Waals surface area contributed by atoms with Crippen molar-refractivity contribution in [3.8, 4) is 16.9 Å². The number of hydrogen-bond donors (Lipinski definition) is 1. The Morgan fingerprint density at radius 2 is 1.42 bits per heavy atom. The number of halogens is 2. The van der Waals surface area contributed by atoms with E-state index in [1.165, 1.54) is 43.9 Å². The zero-order valence-corrected chi connectivity index (χ0v) is 20.1. The van der Waals surface area contributed by atoms with Crippen molar-refractivity contribution in [2.24, 2.45) is 0 Å². The first kappa shape index (κ1) is 26.8. The van der Waals surface area contributed by atoms with Crippen LogP contribution in [0, 0.1) is 11.6 Å². The molecule has 2 rings (SSSR count). The van der Waals surface area contributed by atoms with Crippen LogP contribution in [0.25, 0.3) is 11.1 Å². The molecular formula is C28H38F2O3. The molecule has 0 aliphatic heterocycles. The normalized spacial score (nSPS) is 11.0. The molecule has 2 aromatic carbocycles. The molecule has 1 N–H and O–H groups in total. The average Bonchev–Trinajstić information content (AvgIpc) is 2.81. The van der Waals surface area contributed by atoms with Crippen molar-refractivity contribution >= 4 is 5.97 Å². The Balaban J connectivity index is 2.13. The Morgan fingerprint density at radius 1 is 0.788 bits per heavy atom. The molecule has 0 aliphatic rings. The Morgan fingerprint density at radius 3 is 2.09 bits per heavy atom. The van der Waals surface area contributed by atoms with Crippen molar-refractivity contribution < 1.29 is 23.4 Å². The van der Waals surface area contributed by atoms with Gasteiger partial charge in [-0.1, -0.05) is 83.8 Å². The maximum absolute atomic E-state index is 15.0. The van der Waals surface area contributed by atoms with Crippen LogP contribution in [0.15, 0.2) is 30.3 Å². The van der Waals surface area contributed by atoms with Crippen LogP contribution < -0.4 is 4.74 Å². The number of aryl methyl sites for hydroxylation is 1. The van der Waals surface area contributed by atoms with E-state index in [1.54, 1.807) is 12.1 Å². The molecule has 33 heavy (non-hydrogen) atoms. The molecule has 3 nitrogen and oxygen atoms in total. The topological polar surface area (TPSA) is 46.5 Å². The van der Waals surface area contributed by atoms with E-state index in [4.69, 9.17) is 4.74 Å². The SMILES string of the molecule is CCCCCCCCc1ccc(C(=O)O)c(-c2ccc(OCCCCCCC)c(F)c2F)c1. The van der Waals surface area contributed by atoms with Gasteiger partial charge in [-0.3, -0.25) is 0 Å². The van der Waals surface area contributed by atoms with Gasteiger partial charge in [-0.15, -0.1) is 0 Å². The van der Waals surface area contributed by atoms with Crippen LogP contribution in [0.4, 0.5) is 8.78 Å². The minimum atomic E-state index is -1.16. The number of ether oxygens (including phenoxy) is 1. The lowest BCUT2D eigenvalue weighted by atomic mass is 9.94. The van der Waals surface area contributed by atoms with Crippen molar-refractivity contribution in [3.05, 3.63) is 53.1 Å². The van der Waals surface area contributed by atoms with Gasteiger partial charge in [0.15, 0.2) is 11.6 Å². The lowest BCUT2D eigenvalue weighted by molar-refractivity contribution is 0.0697. The number of hydrogen-bond acceptors (Lipinski definition) is 2. The van der Waals surface area contributed by atoms with Gasteiger partial charge in [0.2, 0.25) is 5.82 Å². The third kappa shape index (κ3) is 8.45. The number of aromatic carboxylic acids is 1. The standard InChI is InChI=1S/C28H38F2O3/c1-3-5-7-9-10-12-14-21-15-16-23(28(31)32)24(20-21)22-17-18-25(27(30)26(22)29)33-19-13-11-8-6-4-2/h15-18,20H,3-14,19H2,1-2H3,(H,31,32). The second-order valence-electron chi connectivity index (χ2n) is 8.70. The molecular weight excluding hydrogens is 422 g/mol. The molecule has 0 fully saturated rings. The first-order chi connectivity index (χ1) is 16.0. The second kappa shape index (κ2) is 14.7. The minimum Gasteiger partial charge on any atom is -0.490 e. The molecule has 0 radical (unpaired) electrons. The third-order valence-corrected chi connectivity index (χ3v) is 5.98. The van der Waals surface area contributed by atoms with E-state index in [1.807, 2.05) is 0 Å². The van der Waals surface area contributed by atoms with Crippen LogP contribution in [0.5, 0.6) is 5.75 Å². The monoisotopic (exact) mass is 460 g/mol. The fourth-order valence-corrected chi connectivity index (χ4v) is 4.00. The molecule has 0 atom stereocenters. The highest BCUT2D eigenvalue weighted by molar-refractivity contribution is 5.96. The molecule has 0 saturated heterocycles. The van der Waals surface area contributed by atoms with Crippen LogP contribution in [-0.4, -0.2) is 17.7 Å². The maximum Gasteiger partial charge on any atom is 0.336 e. The summed E-state index contributed by atoms with van der Waals surface area (Å²) in [4.78, 5) is 11.7. The van der Waals surface area contributed by atoms with Gasteiger partial charge in [0.05, 0.1) is 12.2 Å². The summed E-state index contributed by atoms with van der Waals surface area (Å²) in [6.07, 6.45) is 12.9. The third-order valence-electron chi connectivity index (χ3n) is 5.98. The fraction of sp³-hybridized carbons (Fsp3) is 0.536. The van der Waals surface area contributed by atoms with Crippen molar-refractivity contribution in [1.29, 1.82) is 0 Å². The summed E-state index contributed by atoms with van der Waals surface area (Å²) in [5.41, 5.74) is 1.04. The van der Waals surface area contributed by atoms with Gasteiger partial charge in [0.25, 0.3) is 0 Å². The van der Waals surface area contributed by atoms with Crippen molar-refractivity contribution in [2.45, 2.75) is 90.9 Å². The summed E-state index contributed by atoms with van der Waals surface area (Å²) in [6.45, 7) is 4.64. The second-order valence-corrected chi connectivity index (χ2v) is 8.70. The van der Waals surface area contributed by atoms with Gasteiger partial charge in [-0.05, 0) is 48.6 Å². The van der Waals surface area contributed by atoms with Crippen LogP contribution in [0.3, 0.4) is 0 Å². The predicted molar refractivity (Wildman–Crippen MR) is 130 cm³/mol. The zero-order chi connectivity index (χ0) is 24.1. The number of carbonyl (C=O) groups is 1. The smallest absolute Gasteiger partial charge is 0.336 e. The molecule has 0 aromatic heterocycles. The van der Waals surface area contributed by atoms with Gasteiger partial charge >= 0.3 is 5.97 Å². The van der Waals surface area contributed by atoms with E-state index in [0.717, 1.165) is 56.9 Å². The molecule has 0 aliphatic carbocycles. The molecule has 0 heterocycles. The number of rotatable bonds is 16. The average molecular weight is 461 g/mol. The molecule has 182 valence electrons. The van der Waals surface area contributed by atoms with Gasteiger partial charge < -0.3 is 9.84 Å². The quantitative estimate of drug-likeness (QED) is 0.255. The molecule has 0 spiro atoms. The Kier molecular flexibility index (Phi) is 11.9. The van der Waals surface area contributed by atoms with E-state index in [0.29, 0.717) is 6.61 Å². The summed E-state index contributed by atoms with van der Waals surface area (Å²) >= 11 is 0. The highest BCUT2D eigenvalue weighted by Gasteiger charge is 2.20. The summed E-state index contributed by atoms with van der Waals surface area (Å²) < 4.78 is 35.1. The summed E-state index contributed by atoms with van der Waals surface area (Å²) in [7, 11) is 0. The molecule has 0 amide bonds. The molecule has 0 saturated carbocycles. The lowest BCUT2D eigenvalue weighted by Crippen LogP contribution is -2.05. The summed E-state index contributed by atoms with van der Waals surface area (Å²) in [5, 5.41) is 9.59. The molecule has 0 bridgehead atoms. The van der Waals surface area contributed by atoms with Crippen LogP contribution in [-0.2, 0) is 6.42 Å². The largest absolute Gasteiger partial charge is 0.490 e. The van der Waals surface area contributed by atoms with Gasteiger partial charge in [0, 0.05) is 5.56 Å². The predicted octanol–water partition coefficient (Wildman–Crippen LogP) is 8.58. The zero-order valence-electron chi connectivity index (χ0n) is 20.1. The van der Waals surface area contributed by atoms with Crippen molar-refractivity contribution in [2.75, 3.05) is 6.61 Å². The van der Waals surface area contributed by atoms with Crippen LogP contribution in [0.2, 0.25) is 0 Å². The number of carboxylic acids is 1. The van der Waals surface area contributed by atoms with Gasteiger partial charge in [-0.2, -0.15) is 4.39 Å². The van der Waals surface area contributed by atoms with Crippen molar-refractivity contribution in [1.82, 2.24) is 0 Å². The highest BCUT2D eigenvalue weighted by Crippen LogP contribution is 2.33. The van der Waals surface area contributed by atoms with Crippen LogP contribution in [0.1, 0.15) is 100 Å². The fourth-order valence-electron chi connectivity index (χ4n) is 4.00. The highest BCUT2D eigenvalue weighted by atomic mass is 19.2. The summed E-state index contributed by atoms with van der Waals surface area (Å²) in [5.74, 6) is -3.44. The van der Waals surface area contributed by atoms with E-state index in [-0.39, 0.29) is 22.4 Å². The Hall–Kier alpha value is -2.43. The summed E-state index contributed by atoms with van der Waals surface area (Å²) in [6, 6.07) is 7.75. The van der Waals surface area contributed by atoms with E-state index in [9.17, 15) is 18.7 Å². The van der Waals surface area contributed by atoms with E-state index >= 15 is 0 Å². The Bertz CT molecular complexity index is 880. The Labute approximate surface area is 197 Å².